The van der Waals surface area contributed by atoms with Crippen LogP contribution in [0.3, 0.4) is 0 Å². The summed E-state index contributed by atoms with van der Waals surface area (Å²) < 4.78 is 38.2. The molecule has 1 aliphatic heterocycles. The van der Waals surface area contributed by atoms with Gasteiger partial charge in [-0.05, 0) is 38.8 Å². The number of anilines is 1. The molecule has 0 amide bonds. The van der Waals surface area contributed by atoms with E-state index < -0.39 is 11.9 Å². The van der Waals surface area contributed by atoms with Gasteiger partial charge in [-0.2, -0.15) is 18.4 Å². The maximum atomic E-state index is 12.7. The van der Waals surface area contributed by atoms with E-state index in [9.17, 15) is 13.2 Å². The van der Waals surface area contributed by atoms with Crippen molar-refractivity contribution in [3.05, 3.63) is 23.4 Å². The number of halogens is 3. The van der Waals surface area contributed by atoms with Gasteiger partial charge in [0.15, 0.2) is 5.82 Å². The van der Waals surface area contributed by atoms with Gasteiger partial charge in [0.25, 0.3) is 0 Å². The molecule has 7 heteroatoms. The molecule has 2 rings (SSSR count). The molecule has 1 fully saturated rings. The number of piperidine rings is 1. The number of rotatable bonds is 2. The largest absolute Gasteiger partial charge is 0.433 e. The summed E-state index contributed by atoms with van der Waals surface area (Å²) in [4.78, 5) is 3.58. The maximum Gasteiger partial charge on any atom is 0.433 e. The lowest BCUT2D eigenvalue weighted by Gasteiger charge is -2.39. The van der Waals surface area contributed by atoms with Gasteiger partial charge >= 0.3 is 6.18 Å². The number of alkyl halides is 3. The highest BCUT2D eigenvalue weighted by Gasteiger charge is 2.34. The third-order valence-corrected chi connectivity index (χ3v) is 3.73. The molecule has 1 N–H and O–H groups in total. The predicted octanol–water partition coefficient (Wildman–Crippen LogP) is 3.56. The van der Waals surface area contributed by atoms with Crippen LogP contribution in [-0.4, -0.2) is 22.1 Å². The highest BCUT2D eigenvalue weighted by Crippen LogP contribution is 2.30. The van der Waals surface area contributed by atoms with Crippen LogP contribution >= 0.6 is 0 Å². The highest BCUT2D eigenvalue weighted by atomic mass is 19.4. The number of nitrogens with zero attached hydrogens (tertiary/aromatic N) is 3. The number of hydrazine groups is 1. The summed E-state index contributed by atoms with van der Waals surface area (Å²) in [6, 6.07) is 4.21. The SMILES string of the molecule is CC1CCCC(C)N1Nc1nc(C(F)(F)F)ccc1C#N. The first-order valence-electron chi connectivity index (χ1n) is 6.86. The van der Waals surface area contributed by atoms with Gasteiger partial charge in [-0.15, -0.1) is 0 Å². The molecule has 114 valence electrons. The molecule has 4 nitrogen and oxygen atoms in total. The Balaban J connectivity index is 2.31. The Kier molecular flexibility index (Phi) is 4.37. The van der Waals surface area contributed by atoms with Crippen molar-refractivity contribution in [3.8, 4) is 6.07 Å². The van der Waals surface area contributed by atoms with Gasteiger partial charge in [0.2, 0.25) is 0 Å². The normalized spacial score (nSPS) is 23.6. The molecule has 0 radical (unpaired) electrons. The third kappa shape index (κ3) is 3.45. The number of nitrogens with one attached hydrogen (secondary N) is 1. The molecule has 1 aromatic rings. The van der Waals surface area contributed by atoms with E-state index in [0.29, 0.717) is 0 Å². The summed E-state index contributed by atoms with van der Waals surface area (Å²) in [7, 11) is 0. The van der Waals surface area contributed by atoms with Crippen LogP contribution in [0.15, 0.2) is 12.1 Å². The molecule has 2 atom stereocenters. The lowest BCUT2D eigenvalue weighted by molar-refractivity contribution is -0.141. The second kappa shape index (κ2) is 5.90. The average Bonchev–Trinajstić information content (AvgIpc) is 2.42. The minimum atomic E-state index is -4.52. The smallest absolute Gasteiger partial charge is 0.301 e. The number of hydrogen-bond acceptors (Lipinski definition) is 4. The van der Waals surface area contributed by atoms with E-state index in [4.69, 9.17) is 5.26 Å². The van der Waals surface area contributed by atoms with Crippen LogP contribution in [0, 0.1) is 11.3 Å². The lowest BCUT2D eigenvalue weighted by atomic mass is 10.00. The van der Waals surface area contributed by atoms with Gasteiger partial charge in [-0.3, -0.25) is 0 Å². The van der Waals surface area contributed by atoms with Gasteiger partial charge in [-0.25, -0.2) is 9.99 Å². The van der Waals surface area contributed by atoms with Gasteiger partial charge < -0.3 is 5.43 Å². The Morgan fingerprint density at radius 2 is 1.90 bits per heavy atom. The van der Waals surface area contributed by atoms with Crippen LogP contribution in [0.5, 0.6) is 0 Å². The van der Waals surface area contributed by atoms with E-state index in [1.165, 1.54) is 0 Å². The summed E-state index contributed by atoms with van der Waals surface area (Å²) in [6.07, 6.45) is -1.53. The van der Waals surface area contributed by atoms with Crippen LogP contribution in [0.4, 0.5) is 19.0 Å². The fraction of sp³-hybridized carbons (Fsp3) is 0.571. The molecule has 2 heterocycles. The van der Waals surface area contributed by atoms with E-state index in [-0.39, 0.29) is 23.5 Å². The Morgan fingerprint density at radius 3 is 2.43 bits per heavy atom. The summed E-state index contributed by atoms with van der Waals surface area (Å²) in [6.45, 7) is 4.00. The molecule has 0 aromatic carbocycles. The minimum absolute atomic E-state index is 0.0343. The number of pyridine rings is 1. The second-order valence-corrected chi connectivity index (χ2v) is 5.35. The van der Waals surface area contributed by atoms with Gasteiger partial charge in [-0.1, -0.05) is 6.42 Å². The molecule has 0 saturated carbocycles. The zero-order valence-corrected chi connectivity index (χ0v) is 11.9. The Bertz CT molecular complexity index is 540. The standard InChI is InChI=1S/C14H17F3N4/c1-9-4-3-5-10(2)21(9)20-13-11(8-18)6-7-12(19-13)14(15,16)17/h6-7,9-10H,3-5H2,1-2H3,(H,19,20). The molecule has 0 spiro atoms. The molecule has 1 saturated heterocycles. The molecular formula is C14H17F3N4. The lowest BCUT2D eigenvalue weighted by Crippen LogP contribution is -2.47. The first-order chi connectivity index (χ1) is 9.82. The van der Waals surface area contributed by atoms with Crippen molar-refractivity contribution in [1.82, 2.24) is 9.99 Å². The molecule has 21 heavy (non-hydrogen) atoms. The summed E-state index contributed by atoms with van der Waals surface area (Å²) >= 11 is 0. The van der Waals surface area contributed by atoms with E-state index in [1.54, 1.807) is 0 Å². The zero-order valence-electron chi connectivity index (χ0n) is 11.9. The Hall–Kier alpha value is -1.81. The Labute approximate surface area is 121 Å². The average molecular weight is 298 g/mol. The predicted molar refractivity (Wildman–Crippen MR) is 72.2 cm³/mol. The van der Waals surface area contributed by atoms with Crippen molar-refractivity contribution in [2.75, 3.05) is 5.43 Å². The number of hydrogen-bond donors (Lipinski definition) is 1. The van der Waals surface area contributed by atoms with Crippen molar-refractivity contribution < 1.29 is 13.2 Å². The minimum Gasteiger partial charge on any atom is -0.301 e. The van der Waals surface area contributed by atoms with Crippen LogP contribution < -0.4 is 5.43 Å². The summed E-state index contributed by atoms with van der Waals surface area (Å²) in [5.41, 5.74) is 2.02. The summed E-state index contributed by atoms with van der Waals surface area (Å²) in [5, 5.41) is 10.9. The fourth-order valence-corrected chi connectivity index (χ4v) is 2.56. The van der Waals surface area contributed by atoms with Crippen LogP contribution in [-0.2, 0) is 6.18 Å². The van der Waals surface area contributed by atoms with Crippen molar-refractivity contribution >= 4 is 5.82 Å². The topological polar surface area (TPSA) is 52.0 Å². The molecule has 0 bridgehead atoms. The highest BCUT2D eigenvalue weighted by molar-refractivity contribution is 5.52. The van der Waals surface area contributed by atoms with Crippen molar-refractivity contribution in [2.24, 2.45) is 0 Å². The quantitative estimate of drug-likeness (QED) is 0.907. The number of aromatic nitrogens is 1. The molecule has 0 aliphatic carbocycles. The summed E-state index contributed by atoms with van der Waals surface area (Å²) in [5.74, 6) is -0.0343. The van der Waals surface area contributed by atoms with Gasteiger partial charge in [0, 0.05) is 12.1 Å². The van der Waals surface area contributed by atoms with Gasteiger partial charge in [0.05, 0.1) is 5.56 Å². The Morgan fingerprint density at radius 1 is 1.29 bits per heavy atom. The van der Waals surface area contributed by atoms with Crippen molar-refractivity contribution in [2.45, 2.75) is 51.4 Å². The monoisotopic (exact) mass is 298 g/mol. The first-order valence-corrected chi connectivity index (χ1v) is 6.86. The number of nitriles is 1. The first kappa shape index (κ1) is 15.6. The van der Waals surface area contributed by atoms with Crippen LogP contribution in [0.1, 0.15) is 44.4 Å². The molecule has 2 unspecified atom stereocenters. The maximum absolute atomic E-state index is 12.7. The van der Waals surface area contributed by atoms with E-state index >= 15 is 0 Å². The van der Waals surface area contributed by atoms with E-state index in [0.717, 1.165) is 31.4 Å². The van der Waals surface area contributed by atoms with Crippen molar-refractivity contribution in [3.63, 3.8) is 0 Å². The fourth-order valence-electron chi connectivity index (χ4n) is 2.56. The molecule has 1 aliphatic rings. The van der Waals surface area contributed by atoms with Crippen molar-refractivity contribution in [1.29, 1.82) is 5.26 Å². The molecular weight excluding hydrogens is 281 g/mol. The third-order valence-electron chi connectivity index (χ3n) is 3.73. The van der Waals surface area contributed by atoms with Crippen LogP contribution in [0.25, 0.3) is 0 Å². The van der Waals surface area contributed by atoms with E-state index in [2.05, 4.69) is 10.4 Å². The van der Waals surface area contributed by atoms with Crippen LogP contribution in [0.2, 0.25) is 0 Å². The van der Waals surface area contributed by atoms with E-state index in [1.807, 2.05) is 24.9 Å². The zero-order chi connectivity index (χ0) is 15.6. The van der Waals surface area contributed by atoms with Gasteiger partial charge in [0.1, 0.15) is 11.8 Å². The molecule has 1 aromatic heterocycles. The second-order valence-electron chi connectivity index (χ2n) is 5.35.